The number of hydrogen-bond donors (Lipinski definition) is 1. The largest absolute Gasteiger partial charge is 0.379 e. The van der Waals surface area contributed by atoms with Crippen molar-refractivity contribution in [3.05, 3.63) is 15.6 Å². The van der Waals surface area contributed by atoms with E-state index in [9.17, 15) is 0 Å². The number of morpholine rings is 1. The van der Waals surface area contributed by atoms with Gasteiger partial charge in [-0.3, -0.25) is 4.90 Å². The summed E-state index contributed by atoms with van der Waals surface area (Å²) in [4.78, 5) is 8.90. The van der Waals surface area contributed by atoms with Crippen molar-refractivity contribution in [1.29, 1.82) is 0 Å². The standard InChI is InChI=1S/C15H25N3OS/c1-2-16-11-13-15(12-3-4-12)17-14(20-13)5-6-18-7-9-19-10-8-18/h12,16H,2-11H2,1H3. The first-order valence-corrected chi connectivity index (χ1v) is 8.67. The highest BCUT2D eigenvalue weighted by molar-refractivity contribution is 7.11. The highest BCUT2D eigenvalue weighted by atomic mass is 32.1. The SMILES string of the molecule is CCNCc1sc(CCN2CCOCC2)nc1C1CC1. The van der Waals surface area contributed by atoms with Gasteiger partial charge in [0.2, 0.25) is 0 Å². The summed E-state index contributed by atoms with van der Waals surface area (Å²) in [6.07, 6.45) is 3.77. The molecule has 1 aromatic heterocycles. The molecule has 0 aromatic carbocycles. The summed E-state index contributed by atoms with van der Waals surface area (Å²) in [5.41, 5.74) is 1.40. The maximum absolute atomic E-state index is 5.40. The minimum absolute atomic E-state index is 0.761. The Kier molecular flexibility index (Phi) is 5.04. The lowest BCUT2D eigenvalue weighted by molar-refractivity contribution is 0.0384. The molecule has 0 amide bonds. The van der Waals surface area contributed by atoms with E-state index in [1.807, 2.05) is 11.3 Å². The van der Waals surface area contributed by atoms with Gasteiger partial charge < -0.3 is 10.1 Å². The van der Waals surface area contributed by atoms with Crippen molar-refractivity contribution in [2.24, 2.45) is 0 Å². The van der Waals surface area contributed by atoms with Gasteiger partial charge in [-0.25, -0.2) is 4.98 Å². The second-order valence-electron chi connectivity index (χ2n) is 5.67. The monoisotopic (exact) mass is 295 g/mol. The van der Waals surface area contributed by atoms with Gasteiger partial charge in [-0.15, -0.1) is 11.3 Å². The van der Waals surface area contributed by atoms with E-state index in [4.69, 9.17) is 9.72 Å². The fourth-order valence-electron chi connectivity index (χ4n) is 2.64. The molecule has 3 rings (SSSR count). The molecule has 2 fully saturated rings. The predicted molar refractivity (Wildman–Crippen MR) is 82.4 cm³/mol. The third-order valence-electron chi connectivity index (χ3n) is 4.02. The van der Waals surface area contributed by atoms with Crippen LogP contribution in [0.5, 0.6) is 0 Å². The summed E-state index contributed by atoms with van der Waals surface area (Å²) >= 11 is 1.92. The maximum atomic E-state index is 5.40. The predicted octanol–water partition coefficient (Wildman–Crippen LogP) is 2.00. The second kappa shape index (κ2) is 6.98. The van der Waals surface area contributed by atoms with Gasteiger partial charge in [0.15, 0.2) is 0 Å². The van der Waals surface area contributed by atoms with Crippen molar-refractivity contribution < 1.29 is 4.74 Å². The number of hydrogen-bond acceptors (Lipinski definition) is 5. The average molecular weight is 295 g/mol. The molecule has 0 spiro atoms. The first kappa shape index (κ1) is 14.4. The number of ether oxygens (including phenoxy) is 1. The lowest BCUT2D eigenvalue weighted by Crippen LogP contribution is -2.37. The molecular formula is C15H25N3OS. The molecule has 112 valence electrons. The maximum Gasteiger partial charge on any atom is 0.0944 e. The number of nitrogens with one attached hydrogen (secondary N) is 1. The Morgan fingerprint density at radius 2 is 2.15 bits per heavy atom. The molecule has 2 heterocycles. The molecule has 0 unspecified atom stereocenters. The number of rotatable bonds is 7. The summed E-state index contributed by atoms with van der Waals surface area (Å²) in [6.45, 7) is 9.24. The van der Waals surface area contributed by atoms with Crippen LogP contribution >= 0.6 is 11.3 Å². The van der Waals surface area contributed by atoms with E-state index in [1.165, 1.54) is 28.4 Å². The summed E-state index contributed by atoms with van der Waals surface area (Å²) in [5, 5.41) is 4.78. The Labute approximate surface area is 125 Å². The zero-order valence-electron chi connectivity index (χ0n) is 12.4. The molecule has 5 heteroatoms. The third kappa shape index (κ3) is 3.79. The van der Waals surface area contributed by atoms with Crippen LogP contribution in [0.3, 0.4) is 0 Å². The van der Waals surface area contributed by atoms with Crippen LogP contribution in [0.25, 0.3) is 0 Å². The molecule has 2 aliphatic rings. The quantitative estimate of drug-likeness (QED) is 0.835. The smallest absolute Gasteiger partial charge is 0.0944 e. The van der Waals surface area contributed by atoms with Gasteiger partial charge in [-0.1, -0.05) is 6.92 Å². The van der Waals surface area contributed by atoms with Crippen LogP contribution in [0.1, 0.15) is 41.3 Å². The topological polar surface area (TPSA) is 37.4 Å². The van der Waals surface area contributed by atoms with Gasteiger partial charge in [0.05, 0.1) is 23.9 Å². The van der Waals surface area contributed by atoms with E-state index in [-0.39, 0.29) is 0 Å². The minimum atomic E-state index is 0.761. The van der Waals surface area contributed by atoms with Crippen molar-refractivity contribution in [3.8, 4) is 0 Å². The Morgan fingerprint density at radius 1 is 1.35 bits per heavy atom. The van der Waals surface area contributed by atoms with Crippen molar-refractivity contribution in [2.75, 3.05) is 39.4 Å². The molecule has 0 bridgehead atoms. The molecule has 1 aliphatic carbocycles. The molecule has 1 saturated heterocycles. The van der Waals surface area contributed by atoms with Gasteiger partial charge in [-0.05, 0) is 19.4 Å². The highest BCUT2D eigenvalue weighted by Crippen LogP contribution is 2.42. The van der Waals surface area contributed by atoms with Gasteiger partial charge in [-0.2, -0.15) is 0 Å². The molecule has 1 N–H and O–H groups in total. The van der Waals surface area contributed by atoms with E-state index in [0.29, 0.717) is 0 Å². The van der Waals surface area contributed by atoms with Crippen molar-refractivity contribution in [2.45, 2.75) is 38.6 Å². The van der Waals surface area contributed by atoms with Crippen molar-refractivity contribution in [1.82, 2.24) is 15.2 Å². The van der Waals surface area contributed by atoms with E-state index < -0.39 is 0 Å². The Morgan fingerprint density at radius 3 is 2.85 bits per heavy atom. The normalized spacial score (nSPS) is 20.4. The Bertz CT molecular complexity index is 425. The average Bonchev–Trinajstić information content (AvgIpc) is 3.25. The summed E-state index contributed by atoms with van der Waals surface area (Å²) < 4.78 is 5.40. The fraction of sp³-hybridized carbons (Fsp3) is 0.800. The minimum Gasteiger partial charge on any atom is -0.379 e. The zero-order valence-corrected chi connectivity index (χ0v) is 13.2. The van der Waals surface area contributed by atoms with E-state index in [2.05, 4.69) is 17.1 Å². The molecule has 1 aromatic rings. The molecule has 0 atom stereocenters. The van der Waals surface area contributed by atoms with Gasteiger partial charge in [0, 0.05) is 43.4 Å². The lowest BCUT2D eigenvalue weighted by Gasteiger charge is -2.25. The highest BCUT2D eigenvalue weighted by Gasteiger charge is 2.29. The summed E-state index contributed by atoms with van der Waals surface area (Å²) in [6, 6.07) is 0. The van der Waals surface area contributed by atoms with E-state index in [0.717, 1.165) is 58.3 Å². The van der Waals surface area contributed by atoms with Crippen LogP contribution < -0.4 is 5.32 Å². The number of aromatic nitrogens is 1. The van der Waals surface area contributed by atoms with Crippen molar-refractivity contribution >= 4 is 11.3 Å². The van der Waals surface area contributed by atoms with Crippen molar-refractivity contribution in [3.63, 3.8) is 0 Å². The van der Waals surface area contributed by atoms with Gasteiger partial charge >= 0.3 is 0 Å². The first-order valence-electron chi connectivity index (χ1n) is 7.86. The summed E-state index contributed by atoms with van der Waals surface area (Å²) in [5.74, 6) is 0.761. The summed E-state index contributed by atoms with van der Waals surface area (Å²) in [7, 11) is 0. The van der Waals surface area contributed by atoms with Crippen LogP contribution in [-0.4, -0.2) is 49.3 Å². The first-order chi connectivity index (χ1) is 9.86. The number of nitrogens with zero attached hydrogens (tertiary/aromatic N) is 2. The van der Waals surface area contributed by atoms with Crippen LogP contribution in [0.15, 0.2) is 0 Å². The number of thiazole rings is 1. The Hall–Kier alpha value is -0.490. The van der Waals surface area contributed by atoms with Crippen LogP contribution in [-0.2, 0) is 17.7 Å². The van der Waals surface area contributed by atoms with Gasteiger partial charge in [0.1, 0.15) is 0 Å². The van der Waals surface area contributed by atoms with Crippen LogP contribution in [0.4, 0.5) is 0 Å². The lowest BCUT2D eigenvalue weighted by atomic mass is 10.2. The van der Waals surface area contributed by atoms with E-state index in [1.54, 1.807) is 0 Å². The van der Waals surface area contributed by atoms with Crippen LogP contribution in [0, 0.1) is 0 Å². The molecule has 0 radical (unpaired) electrons. The second-order valence-corrected chi connectivity index (χ2v) is 6.84. The zero-order chi connectivity index (χ0) is 13.8. The Balaban J connectivity index is 1.57. The molecule has 4 nitrogen and oxygen atoms in total. The molecule has 1 saturated carbocycles. The molecular weight excluding hydrogens is 270 g/mol. The fourth-order valence-corrected chi connectivity index (χ4v) is 3.75. The molecule has 20 heavy (non-hydrogen) atoms. The van der Waals surface area contributed by atoms with Gasteiger partial charge in [0.25, 0.3) is 0 Å². The third-order valence-corrected chi connectivity index (χ3v) is 5.15. The van der Waals surface area contributed by atoms with Crippen LogP contribution in [0.2, 0.25) is 0 Å². The molecule has 1 aliphatic heterocycles. The van der Waals surface area contributed by atoms with E-state index >= 15 is 0 Å².